The second-order valence-corrected chi connectivity index (χ2v) is 10.2. The van der Waals surface area contributed by atoms with Crippen molar-refractivity contribution >= 4 is 29.0 Å². The number of amides is 3. The Balaban J connectivity index is 1.47. The average Bonchev–Trinajstić information content (AvgIpc) is 3.45. The lowest BCUT2D eigenvalue weighted by molar-refractivity contribution is -0.133. The van der Waals surface area contributed by atoms with Crippen molar-refractivity contribution in [3.8, 4) is 0 Å². The first kappa shape index (κ1) is 26.9. The molecular weight excluding hydrogens is 484 g/mol. The van der Waals surface area contributed by atoms with Gasteiger partial charge in [-0.3, -0.25) is 9.69 Å². The number of hydrogen-bond donors (Lipinski definition) is 1. The molecule has 1 N–H and O–H groups in total. The molecule has 4 rings (SSSR count). The summed E-state index contributed by atoms with van der Waals surface area (Å²) >= 11 is 1.63. The summed E-state index contributed by atoms with van der Waals surface area (Å²) in [4.78, 5) is 33.9. The van der Waals surface area contributed by atoms with E-state index in [2.05, 4.69) is 17.1 Å². The minimum Gasteiger partial charge on any atom is -0.379 e. The smallest absolute Gasteiger partial charge is 0.322 e. The maximum atomic E-state index is 13.7. The van der Waals surface area contributed by atoms with E-state index >= 15 is 0 Å². The number of rotatable bonds is 11. The Morgan fingerprint density at radius 2 is 1.68 bits per heavy atom. The summed E-state index contributed by atoms with van der Waals surface area (Å²) in [6.45, 7) is 7.34. The van der Waals surface area contributed by atoms with Crippen LogP contribution in [-0.2, 0) is 29.0 Å². The van der Waals surface area contributed by atoms with Crippen LogP contribution in [0.4, 0.5) is 10.5 Å². The number of ether oxygens (including phenoxy) is 1. The lowest BCUT2D eigenvalue weighted by Crippen LogP contribution is -2.48. The van der Waals surface area contributed by atoms with E-state index in [1.54, 1.807) is 16.2 Å². The molecule has 37 heavy (non-hydrogen) atoms. The van der Waals surface area contributed by atoms with Gasteiger partial charge < -0.3 is 19.9 Å². The first-order valence-electron chi connectivity index (χ1n) is 12.9. The Morgan fingerprint density at radius 3 is 2.35 bits per heavy atom. The third-order valence-corrected chi connectivity index (χ3v) is 7.37. The fourth-order valence-electron chi connectivity index (χ4n) is 4.26. The number of nitrogens with zero attached hydrogens (tertiary/aromatic N) is 3. The molecule has 2 aromatic carbocycles. The van der Waals surface area contributed by atoms with Crippen LogP contribution in [0.3, 0.4) is 0 Å². The van der Waals surface area contributed by atoms with Gasteiger partial charge in [-0.05, 0) is 41.1 Å². The van der Waals surface area contributed by atoms with Gasteiger partial charge in [0.15, 0.2) is 0 Å². The van der Waals surface area contributed by atoms with Crippen LogP contribution in [0.5, 0.6) is 0 Å². The second-order valence-electron chi connectivity index (χ2n) is 9.17. The fourth-order valence-corrected chi connectivity index (χ4v) is 4.98. The predicted octanol–water partition coefficient (Wildman–Crippen LogP) is 4.71. The van der Waals surface area contributed by atoms with E-state index in [1.165, 1.54) is 5.56 Å². The van der Waals surface area contributed by atoms with Crippen molar-refractivity contribution in [2.75, 3.05) is 51.3 Å². The van der Waals surface area contributed by atoms with Gasteiger partial charge in [-0.1, -0.05) is 55.5 Å². The monoisotopic (exact) mass is 520 g/mol. The van der Waals surface area contributed by atoms with Crippen molar-refractivity contribution in [1.82, 2.24) is 14.7 Å². The van der Waals surface area contributed by atoms with E-state index in [9.17, 15) is 9.59 Å². The van der Waals surface area contributed by atoms with Crippen molar-refractivity contribution in [2.45, 2.75) is 26.4 Å². The van der Waals surface area contributed by atoms with Gasteiger partial charge in [0.2, 0.25) is 5.91 Å². The predicted molar refractivity (Wildman–Crippen MR) is 149 cm³/mol. The molecule has 2 heterocycles. The Kier molecular flexibility index (Phi) is 10.1. The largest absolute Gasteiger partial charge is 0.379 e. The molecule has 8 heteroatoms. The van der Waals surface area contributed by atoms with Gasteiger partial charge in [0.1, 0.15) is 6.54 Å². The van der Waals surface area contributed by atoms with Crippen molar-refractivity contribution in [1.29, 1.82) is 0 Å². The highest BCUT2D eigenvalue weighted by Gasteiger charge is 2.23. The normalized spacial score (nSPS) is 13.8. The first-order chi connectivity index (χ1) is 18.1. The molecule has 0 spiro atoms. The van der Waals surface area contributed by atoms with Crippen LogP contribution in [0.15, 0.2) is 72.1 Å². The molecule has 0 atom stereocenters. The summed E-state index contributed by atoms with van der Waals surface area (Å²) in [7, 11) is 0. The molecule has 1 fully saturated rings. The number of nitrogens with one attached hydrogen (secondary N) is 1. The summed E-state index contributed by atoms with van der Waals surface area (Å²) in [5.74, 6) is -0.0734. The van der Waals surface area contributed by atoms with Crippen LogP contribution < -0.4 is 5.32 Å². The SMILES string of the molecule is CCc1ccc(NC(=O)N(CCN2CCOCC2)CC(=O)N(Cc2ccccc2)Cc2cccs2)cc1. The fraction of sp³-hybridized carbons (Fsp3) is 0.379. The lowest BCUT2D eigenvalue weighted by atomic mass is 10.1. The van der Waals surface area contributed by atoms with Crippen LogP contribution in [0.25, 0.3) is 0 Å². The van der Waals surface area contributed by atoms with Gasteiger partial charge in [-0.25, -0.2) is 4.79 Å². The molecule has 1 aromatic heterocycles. The molecule has 0 unspecified atom stereocenters. The van der Waals surface area contributed by atoms with E-state index in [0.29, 0.717) is 39.4 Å². The topological polar surface area (TPSA) is 65.1 Å². The average molecular weight is 521 g/mol. The third-order valence-electron chi connectivity index (χ3n) is 6.51. The Labute approximate surface area is 223 Å². The standard InChI is InChI=1S/C29H36N4O3S/c1-2-24-10-12-26(13-11-24)30-29(35)32(15-14-31-16-18-36-19-17-31)23-28(34)33(22-27-9-6-20-37-27)21-25-7-4-3-5-8-25/h3-13,20H,2,14-19,21-23H2,1H3,(H,30,35). The summed E-state index contributed by atoms with van der Waals surface area (Å²) in [6, 6.07) is 21.6. The zero-order valence-electron chi connectivity index (χ0n) is 21.5. The lowest BCUT2D eigenvalue weighted by Gasteiger charge is -2.31. The van der Waals surface area contributed by atoms with Crippen LogP contribution in [-0.4, -0.2) is 72.6 Å². The summed E-state index contributed by atoms with van der Waals surface area (Å²) < 4.78 is 5.46. The molecule has 0 saturated carbocycles. The van der Waals surface area contributed by atoms with E-state index < -0.39 is 0 Å². The van der Waals surface area contributed by atoms with Crippen LogP contribution in [0.1, 0.15) is 22.9 Å². The van der Waals surface area contributed by atoms with Crippen molar-refractivity contribution in [3.05, 3.63) is 88.1 Å². The molecule has 3 aromatic rings. The van der Waals surface area contributed by atoms with Crippen molar-refractivity contribution < 1.29 is 14.3 Å². The molecule has 0 radical (unpaired) electrons. The highest BCUT2D eigenvalue weighted by molar-refractivity contribution is 7.09. The van der Waals surface area contributed by atoms with Gasteiger partial charge in [-0.2, -0.15) is 0 Å². The van der Waals surface area contributed by atoms with Crippen molar-refractivity contribution in [2.24, 2.45) is 0 Å². The van der Waals surface area contributed by atoms with E-state index in [-0.39, 0.29) is 18.5 Å². The Bertz CT molecular complexity index is 1100. The molecule has 1 aliphatic rings. The Morgan fingerprint density at radius 1 is 0.919 bits per heavy atom. The molecular formula is C29H36N4O3S. The van der Waals surface area contributed by atoms with Gasteiger partial charge in [0, 0.05) is 43.3 Å². The molecule has 3 amide bonds. The number of aryl methyl sites for hydroxylation is 1. The summed E-state index contributed by atoms with van der Waals surface area (Å²) in [5, 5.41) is 5.02. The number of thiophene rings is 1. The van der Waals surface area contributed by atoms with Gasteiger partial charge in [-0.15, -0.1) is 11.3 Å². The minimum absolute atomic E-state index is 0.0153. The summed E-state index contributed by atoms with van der Waals surface area (Å²) in [6.07, 6.45) is 0.940. The van der Waals surface area contributed by atoms with Crippen molar-refractivity contribution in [3.63, 3.8) is 0 Å². The second kappa shape index (κ2) is 13.9. The highest BCUT2D eigenvalue weighted by atomic mass is 32.1. The molecule has 0 bridgehead atoms. The number of carbonyl (C=O) groups is 2. The number of morpholine rings is 1. The number of carbonyl (C=O) groups excluding carboxylic acids is 2. The quantitative estimate of drug-likeness (QED) is 0.398. The van der Waals surface area contributed by atoms with Crippen LogP contribution in [0, 0.1) is 0 Å². The Hall–Kier alpha value is -3.20. The summed E-state index contributed by atoms with van der Waals surface area (Å²) in [5.41, 5.74) is 3.00. The van der Waals surface area contributed by atoms with Gasteiger partial charge in [0.05, 0.1) is 19.8 Å². The number of anilines is 1. The number of hydrogen-bond acceptors (Lipinski definition) is 5. The number of urea groups is 1. The van der Waals surface area contributed by atoms with Crippen LogP contribution in [0.2, 0.25) is 0 Å². The highest BCUT2D eigenvalue weighted by Crippen LogP contribution is 2.16. The maximum absolute atomic E-state index is 13.7. The molecule has 1 saturated heterocycles. The van der Waals surface area contributed by atoms with E-state index in [0.717, 1.165) is 35.6 Å². The molecule has 196 valence electrons. The first-order valence-corrected chi connectivity index (χ1v) is 13.8. The molecule has 0 aliphatic carbocycles. The van der Waals surface area contributed by atoms with E-state index in [4.69, 9.17) is 4.74 Å². The zero-order valence-corrected chi connectivity index (χ0v) is 22.3. The van der Waals surface area contributed by atoms with Gasteiger partial charge >= 0.3 is 6.03 Å². The maximum Gasteiger partial charge on any atom is 0.322 e. The minimum atomic E-state index is -0.262. The van der Waals surface area contributed by atoms with Gasteiger partial charge in [0.25, 0.3) is 0 Å². The van der Waals surface area contributed by atoms with E-state index in [1.807, 2.05) is 77.0 Å². The molecule has 7 nitrogen and oxygen atoms in total. The molecule has 1 aliphatic heterocycles. The zero-order chi connectivity index (χ0) is 25.9. The third kappa shape index (κ3) is 8.42. The van der Waals surface area contributed by atoms with Crippen LogP contribution >= 0.6 is 11.3 Å². The number of benzene rings is 2.